The fraction of sp³-hybridized carbons (Fsp3) is 0.714. The summed E-state index contributed by atoms with van der Waals surface area (Å²) in [7, 11) is 0. The van der Waals surface area contributed by atoms with Crippen molar-refractivity contribution in [2.75, 3.05) is 19.8 Å². The average Bonchev–Trinajstić information content (AvgIpc) is 2.85. The van der Waals surface area contributed by atoms with Gasteiger partial charge in [-0.2, -0.15) is 0 Å². The summed E-state index contributed by atoms with van der Waals surface area (Å²) in [6.45, 7) is 11.3. The van der Waals surface area contributed by atoms with Crippen molar-refractivity contribution in [3.63, 3.8) is 0 Å². The van der Waals surface area contributed by atoms with Gasteiger partial charge in [0.25, 0.3) is 0 Å². The third-order valence-corrected chi connectivity index (χ3v) is 3.90. The van der Waals surface area contributed by atoms with E-state index in [1.54, 1.807) is 11.3 Å². The summed E-state index contributed by atoms with van der Waals surface area (Å²) in [4.78, 5) is 8.88. The molecule has 122 valence electrons. The van der Waals surface area contributed by atoms with Gasteiger partial charge in [-0.05, 0) is 13.3 Å². The molecule has 0 radical (unpaired) electrons. The molecule has 0 bridgehead atoms. The van der Waals surface area contributed by atoms with Gasteiger partial charge in [-0.1, -0.05) is 20.8 Å². The molecule has 1 aromatic rings. The summed E-state index contributed by atoms with van der Waals surface area (Å²) in [5.74, 6) is 0.465. The maximum atomic E-state index is 5.80. The van der Waals surface area contributed by atoms with E-state index in [0.717, 1.165) is 36.9 Å². The number of aromatic nitrogens is 1. The van der Waals surface area contributed by atoms with E-state index in [-0.39, 0.29) is 29.4 Å². The van der Waals surface area contributed by atoms with E-state index in [4.69, 9.17) is 10.5 Å². The molecule has 0 amide bonds. The van der Waals surface area contributed by atoms with Crippen LogP contribution in [0.15, 0.2) is 10.4 Å². The van der Waals surface area contributed by atoms with Gasteiger partial charge in [-0.25, -0.2) is 9.98 Å². The number of halogens is 1. The van der Waals surface area contributed by atoms with Crippen molar-refractivity contribution in [2.24, 2.45) is 10.7 Å². The number of nitrogens with one attached hydrogen (secondary N) is 1. The summed E-state index contributed by atoms with van der Waals surface area (Å²) in [6, 6.07) is 0. The second kappa shape index (κ2) is 10.3. The molecule has 0 aliphatic heterocycles. The van der Waals surface area contributed by atoms with Crippen molar-refractivity contribution in [3.8, 4) is 0 Å². The SMILES string of the molecule is CCOCCCNC(N)=NCc1csc(C(C)(C)C)n1.I. The van der Waals surface area contributed by atoms with E-state index in [1.165, 1.54) is 0 Å². The van der Waals surface area contributed by atoms with Gasteiger partial charge < -0.3 is 15.8 Å². The minimum absolute atomic E-state index is 0. The lowest BCUT2D eigenvalue weighted by atomic mass is 9.98. The Kier molecular flexibility index (Phi) is 10.1. The van der Waals surface area contributed by atoms with Gasteiger partial charge in [0.15, 0.2) is 5.96 Å². The van der Waals surface area contributed by atoms with Crippen LogP contribution in [0.1, 0.15) is 44.8 Å². The molecule has 21 heavy (non-hydrogen) atoms. The maximum Gasteiger partial charge on any atom is 0.188 e. The second-order valence-corrected chi connectivity index (χ2v) is 6.43. The molecule has 0 atom stereocenters. The molecule has 0 aliphatic carbocycles. The van der Waals surface area contributed by atoms with Gasteiger partial charge in [0.2, 0.25) is 0 Å². The highest BCUT2D eigenvalue weighted by Gasteiger charge is 2.17. The molecule has 7 heteroatoms. The zero-order valence-corrected chi connectivity index (χ0v) is 16.5. The molecular formula is C14H27IN4OS. The Balaban J connectivity index is 0.00000400. The quantitative estimate of drug-likeness (QED) is 0.305. The number of guanidine groups is 1. The van der Waals surface area contributed by atoms with Crippen LogP contribution < -0.4 is 11.1 Å². The Morgan fingerprint density at radius 3 is 2.76 bits per heavy atom. The van der Waals surface area contributed by atoms with Crippen molar-refractivity contribution >= 4 is 41.3 Å². The number of thiazole rings is 1. The fourth-order valence-electron chi connectivity index (χ4n) is 1.48. The molecule has 1 rings (SSSR count). The third-order valence-electron chi connectivity index (χ3n) is 2.58. The van der Waals surface area contributed by atoms with Gasteiger partial charge in [0.05, 0.1) is 17.2 Å². The number of hydrogen-bond donors (Lipinski definition) is 2. The minimum Gasteiger partial charge on any atom is -0.382 e. The zero-order valence-electron chi connectivity index (χ0n) is 13.3. The highest BCUT2D eigenvalue weighted by atomic mass is 127. The van der Waals surface area contributed by atoms with E-state index in [9.17, 15) is 0 Å². The van der Waals surface area contributed by atoms with Gasteiger partial charge in [-0.15, -0.1) is 35.3 Å². The van der Waals surface area contributed by atoms with Gasteiger partial charge >= 0.3 is 0 Å². The molecule has 0 spiro atoms. The van der Waals surface area contributed by atoms with Crippen LogP contribution in [0, 0.1) is 0 Å². The normalized spacial score (nSPS) is 12.1. The lowest BCUT2D eigenvalue weighted by molar-refractivity contribution is 0.145. The highest BCUT2D eigenvalue weighted by molar-refractivity contribution is 14.0. The average molecular weight is 426 g/mol. The maximum absolute atomic E-state index is 5.80. The Morgan fingerprint density at radius 2 is 2.19 bits per heavy atom. The Morgan fingerprint density at radius 1 is 1.48 bits per heavy atom. The lowest BCUT2D eigenvalue weighted by Gasteiger charge is -2.13. The topological polar surface area (TPSA) is 72.5 Å². The van der Waals surface area contributed by atoms with Gasteiger partial charge in [0.1, 0.15) is 0 Å². The summed E-state index contributed by atoms with van der Waals surface area (Å²) in [5, 5.41) is 6.25. The first-order chi connectivity index (χ1) is 9.43. The van der Waals surface area contributed by atoms with Crippen molar-refractivity contribution in [1.29, 1.82) is 0 Å². The van der Waals surface area contributed by atoms with Crippen LogP contribution in [-0.4, -0.2) is 30.7 Å². The molecular weight excluding hydrogens is 399 g/mol. The molecule has 0 saturated heterocycles. The van der Waals surface area contributed by atoms with E-state index in [0.29, 0.717) is 12.5 Å². The first kappa shape index (κ1) is 20.6. The largest absolute Gasteiger partial charge is 0.382 e. The molecule has 1 heterocycles. The van der Waals surface area contributed by atoms with Crippen LogP contribution in [0.5, 0.6) is 0 Å². The zero-order chi connectivity index (χ0) is 15.0. The monoisotopic (exact) mass is 426 g/mol. The van der Waals surface area contributed by atoms with Crippen LogP contribution in [0.4, 0.5) is 0 Å². The second-order valence-electron chi connectivity index (χ2n) is 5.57. The summed E-state index contributed by atoms with van der Waals surface area (Å²) in [6.07, 6.45) is 0.926. The van der Waals surface area contributed by atoms with Crippen LogP contribution in [0.2, 0.25) is 0 Å². The number of ether oxygens (including phenoxy) is 1. The Hall–Kier alpha value is -0.410. The lowest BCUT2D eigenvalue weighted by Crippen LogP contribution is -2.32. The standard InChI is InChI=1S/C14H26N4OS.HI/c1-5-19-8-6-7-16-13(15)17-9-11-10-20-12(18-11)14(2,3)4;/h10H,5-9H2,1-4H3,(H3,15,16,17);1H. The minimum atomic E-state index is 0. The Labute approximate surface area is 148 Å². The predicted octanol–water partition coefficient (Wildman–Crippen LogP) is 2.89. The first-order valence-corrected chi connectivity index (χ1v) is 7.88. The molecule has 0 fully saturated rings. The molecule has 5 nitrogen and oxygen atoms in total. The van der Waals surface area contributed by atoms with Crippen molar-refractivity contribution in [2.45, 2.75) is 46.1 Å². The number of nitrogens with zero attached hydrogens (tertiary/aromatic N) is 2. The molecule has 0 unspecified atom stereocenters. The first-order valence-electron chi connectivity index (χ1n) is 7.00. The van der Waals surface area contributed by atoms with Crippen molar-refractivity contribution < 1.29 is 4.74 Å². The fourth-order valence-corrected chi connectivity index (χ4v) is 2.38. The van der Waals surface area contributed by atoms with Gasteiger partial charge in [0, 0.05) is 30.6 Å². The molecule has 0 saturated carbocycles. The number of nitrogens with two attached hydrogens (primary N) is 1. The molecule has 0 aromatic carbocycles. The Bertz CT molecular complexity index is 429. The van der Waals surface area contributed by atoms with Crippen molar-refractivity contribution in [3.05, 3.63) is 16.1 Å². The van der Waals surface area contributed by atoms with Crippen LogP contribution in [-0.2, 0) is 16.7 Å². The third kappa shape index (κ3) is 8.57. The highest BCUT2D eigenvalue weighted by Crippen LogP contribution is 2.25. The summed E-state index contributed by atoms with van der Waals surface area (Å²) >= 11 is 1.68. The van der Waals surface area contributed by atoms with Crippen LogP contribution in [0.25, 0.3) is 0 Å². The van der Waals surface area contributed by atoms with Gasteiger partial charge in [-0.3, -0.25) is 0 Å². The van der Waals surface area contributed by atoms with Crippen molar-refractivity contribution in [1.82, 2.24) is 10.3 Å². The smallest absolute Gasteiger partial charge is 0.188 e. The summed E-state index contributed by atoms with van der Waals surface area (Å²) in [5.41, 5.74) is 6.87. The number of aliphatic imine (C=N–C) groups is 1. The van der Waals surface area contributed by atoms with Crippen LogP contribution >= 0.6 is 35.3 Å². The van der Waals surface area contributed by atoms with E-state index < -0.39 is 0 Å². The molecule has 3 N–H and O–H groups in total. The predicted molar refractivity (Wildman–Crippen MR) is 101 cm³/mol. The van der Waals surface area contributed by atoms with E-state index in [2.05, 4.69) is 36.1 Å². The molecule has 0 aliphatic rings. The summed E-state index contributed by atoms with van der Waals surface area (Å²) < 4.78 is 5.25. The van der Waals surface area contributed by atoms with Crippen LogP contribution in [0.3, 0.4) is 0 Å². The van der Waals surface area contributed by atoms with E-state index >= 15 is 0 Å². The molecule has 1 aromatic heterocycles. The number of hydrogen-bond acceptors (Lipinski definition) is 4. The van der Waals surface area contributed by atoms with E-state index in [1.807, 2.05) is 12.3 Å². The number of rotatable bonds is 7.